The Bertz CT molecular complexity index is 308. The van der Waals surface area contributed by atoms with Crippen LogP contribution in [0.25, 0.3) is 0 Å². The number of rotatable bonds is 4. The van der Waals surface area contributed by atoms with Crippen LogP contribution in [0.1, 0.15) is 32.1 Å². The van der Waals surface area contributed by atoms with Crippen molar-refractivity contribution in [1.29, 1.82) is 0 Å². The number of likely N-dealkylation sites (tertiary alicyclic amines) is 2. The molecule has 1 N–H and O–H groups in total. The van der Waals surface area contributed by atoms with Crippen LogP contribution in [-0.4, -0.2) is 59.1 Å². The van der Waals surface area contributed by atoms with E-state index < -0.39 is 0 Å². The number of piperidine rings is 1. The smallest absolute Gasteiger partial charge is 0.222 e. The van der Waals surface area contributed by atoms with Crippen molar-refractivity contribution in [3.8, 4) is 0 Å². The largest absolute Gasteiger partial charge is 0.390 e. The lowest BCUT2D eigenvalue weighted by molar-refractivity contribution is -0.129. The van der Waals surface area contributed by atoms with E-state index in [0.717, 1.165) is 32.0 Å². The average molecular weight is 238 g/mol. The van der Waals surface area contributed by atoms with Gasteiger partial charge < -0.3 is 10.0 Å². The summed E-state index contributed by atoms with van der Waals surface area (Å²) in [5, 5.41) is 10.1. The molecule has 3 atom stereocenters. The Morgan fingerprint density at radius 1 is 1.35 bits per heavy atom. The van der Waals surface area contributed by atoms with E-state index in [4.69, 9.17) is 0 Å². The molecule has 96 valence electrons. The number of aliphatic hydroxyl groups is 1. The molecule has 0 aromatic rings. The van der Waals surface area contributed by atoms with Gasteiger partial charge in [-0.05, 0) is 31.6 Å². The predicted molar refractivity (Wildman–Crippen MR) is 64.5 cm³/mol. The number of carbonyl (C=O) groups is 1. The molecule has 2 bridgehead atoms. The second-order valence-corrected chi connectivity index (χ2v) is 5.88. The Balaban J connectivity index is 1.47. The van der Waals surface area contributed by atoms with Crippen molar-refractivity contribution in [2.45, 2.75) is 44.2 Å². The maximum atomic E-state index is 11.5. The van der Waals surface area contributed by atoms with Crippen LogP contribution in [0.3, 0.4) is 0 Å². The van der Waals surface area contributed by atoms with Gasteiger partial charge in [0.2, 0.25) is 5.91 Å². The Labute approximate surface area is 103 Å². The number of hydrogen-bond donors (Lipinski definition) is 1. The highest BCUT2D eigenvalue weighted by molar-refractivity contribution is 5.78. The predicted octanol–water partition coefficient (Wildman–Crippen LogP) is 0.454. The number of amides is 1. The van der Waals surface area contributed by atoms with Crippen LogP contribution >= 0.6 is 0 Å². The van der Waals surface area contributed by atoms with Gasteiger partial charge in [-0.1, -0.05) is 0 Å². The summed E-state index contributed by atoms with van der Waals surface area (Å²) in [5.41, 5.74) is 0. The van der Waals surface area contributed by atoms with Crippen LogP contribution in [0, 0.1) is 5.92 Å². The van der Waals surface area contributed by atoms with Crippen molar-refractivity contribution in [2.75, 3.05) is 26.2 Å². The summed E-state index contributed by atoms with van der Waals surface area (Å²) < 4.78 is 0. The van der Waals surface area contributed by atoms with E-state index in [2.05, 4.69) is 4.90 Å². The van der Waals surface area contributed by atoms with Crippen LogP contribution in [-0.2, 0) is 4.79 Å². The minimum absolute atomic E-state index is 0.215. The SMILES string of the molecule is O=C1CCCN1CC(O)CN1CC2CCC1C2. The third-order valence-electron chi connectivity index (χ3n) is 4.57. The first-order valence-electron chi connectivity index (χ1n) is 6.92. The van der Waals surface area contributed by atoms with Gasteiger partial charge in [0.15, 0.2) is 0 Å². The molecule has 3 aliphatic rings. The molecular weight excluding hydrogens is 216 g/mol. The van der Waals surface area contributed by atoms with Gasteiger partial charge in [0, 0.05) is 38.6 Å². The summed E-state index contributed by atoms with van der Waals surface area (Å²) in [6.45, 7) is 3.29. The van der Waals surface area contributed by atoms with E-state index in [0.29, 0.717) is 19.0 Å². The molecule has 4 nitrogen and oxygen atoms in total. The van der Waals surface area contributed by atoms with Gasteiger partial charge in [-0.3, -0.25) is 9.69 Å². The standard InChI is InChI=1S/C13H22N2O2/c16-12(8-14-5-1-2-13(14)17)9-15-7-10-3-4-11(15)6-10/h10-12,16H,1-9H2. The molecule has 4 heteroatoms. The average Bonchev–Trinajstić information content (AvgIpc) is 2.96. The van der Waals surface area contributed by atoms with Crippen LogP contribution in [0.5, 0.6) is 0 Å². The van der Waals surface area contributed by atoms with Crippen LogP contribution in [0.15, 0.2) is 0 Å². The normalized spacial score (nSPS) is 34.9. The van der Waals surface area contributed by atoms with Crippen molar-refractivity contribution in [3.05, 3.63) is 0 Å². The second-order valence-electron chi connectivity index (χ2n) is 5.88. The van der Waals surface area contributed by atoms with E-state index in [1.54, 1.807) is 0 Å². The minimum Gasteiger partial charge on any atom is -0.390 e. The number of fused-ring (bicyclic) bond motifs is 2. The van der Waals surface area contributed by atoms with Gasteiger partial charge in [0.05, 0.1) is 6.10 Å². The zero-order valence-corrected chi connectivity index (χ0v) is 10.3. The first-order valence-corrected chi connectivity index (χ1v) is 6.92. The van der Waals surface area contributed by atoms with Gasteiger partial charge in [-0.15, -0.1) is 0 Å². The third kappa shape index (κ3) is 2.33. The maximum absolute atomic E-state index is 11.5. The maximum Gasteiger partial charge on any atom is 0.222 e. The molecule has 3 unspecified atom stereocenters. The first-order chi connectivity index (χ1) is 8.22. The zero-order chi connectivity index (χ0) is 11.8. The quantitative estimate of drug-likeness (QED) is 0.773. The molecule has 1 aliphatic carbocycles. The van der Waals surface area contributed by atoms with Crippen molar-refractivity contribution in [1.82, 2.24) is 9.80 Å². The van der Waals surface area contributed by atoms with Gasteiger partial charge >= 0.3 is 0 Å². The van der Waals surface area contributed by atoms with E-state index in [1.165, 1.54) is 19.3 Å². The monoisotopic (exact) mass is 238 g/mol. The molecule has 17 heavy (non-hydrogen) atoms. The summed E-state index contributed by atoms with van der Waals surface area (Å²) in [6, 6.07) is 0.712. The van der Waals surface area contributed by atoms with Crippen molar-refractivity contribution in [2.24, 2.45) is 5.92 Å². The minimum atomic E-state index is -0.364. The molecule has 3 fully saturated rings. The molecule has 2 aliphatic heterocycles. The van der Waals surface area contributed by atoms with Crippen LogP contribution in [0.4, 0.5) is 0 Å². The number of β-amino-alcohol motifs (C(OH)–C–C–N with tert-alkyl or cyclic N) is 1. The van der Waals surface area contributed by atoms with Crippen LogP contribution in [0.2, 0.25) is 0 Å². The Morgan fingerprint density at radius 2 is 2.24 bits per heavy atom. The van der Waals surface area contributed by atoms with Crippen LogP contribution < -0.4 is 0 Å². The molecule has 0 aromatic carbocycles. The molecular formula is C13H22N2O2. The molecule has 1 saturated carbocycles. The fourth-order valence-electron chi connectivity index (χ4n) is 3.73. The molecule has 2 saturated heterocycles. The summed E-state index contributed by atoms with van der Waals surface area (Å²) in [7, 11) is 0. The number of aliphatic hydroxyl groups excluding tert-OH is 1. The van der Waals surface area contributed by atoms with Gasteiger partial charge in [-0.2, -0.15) is 0 Å². The molecule has 0 aromatic heterocycles. The highest BCUT2D eigenvalue weighted by atomic mass is 16.3. The second kappa shape index (κ2) is 4.58. The Kier molecular flexibility index (Phi) is 3.09. The lowest BCUT2D eigenvalue weighted by Gasteiger charge is -2.30. The fraction of sp³-hybridized carbons (Fsp3) is 0.923. The van der Waals surface area contributed by atoms with E-state index in [1.807, 2.05) is 4.90 Å². The summed E-state index contributed by atoms with van der Waals surface area (Å²) >= 11 is 0. The lowest BCUT2D eigenvalue weighted by atomic mass is 10.1. The highest BCUT2D eigenvalue weighted by Crippen LogP contribution is 2.37. The Morgan fingerprint density at radius 3 is 2.82 bits per heavy atom. The molecule has 0 spiro atoms. The molecule has 3 rings (SSSR count). The van der Waals surface area contributed by atoms with Crippen molar-refractivity contribution in [3.63, 3.8) is 0 Å². The van der Waals surface area contributed by atoms with Gasteiger partial charge in [0.1, 0.15) is 0 Å². The summed E-state index contributed by atoms with van der Waals surface area (Å²) in [5.74, 6) is 1.09. The topological polar surface area (TPSA) is 43.8 Å². The molecule has 2 heterocycles. The van der Waals surface area contributed by atoms with Gasteiger partial charge in [-0.25, -0.2) is 0 Å². The molecule has 0 radical (unpaired) electrons. The van der Waals surface area contributed by atoms with E-state index in [9.17, 15) is 9.90 Å². The first kappa shape index (κ1) is 11.5. The van der Waals surface area contributed by atoms with Crippen molar-refractivity contribution >= 4 is 5.91 Å². The van der Waals surface area contributed by atoms with E-state index >= 15 is 0 Å². The fourth-order valence-corrected chi connectivity index (χ4v) is 3.73. The zero-order valence-electron chi connectivity index (χ0n) is 10.3. The third-order valence-corrected chi connectivity index (χ3v) is 4.57. The highest BCUT2D eigenvalue weighted by Gasteiger charge is 2.38. The van der Waals surface area contributed by atoms with E-state index in [-0.39, 0.29) is 12.0 Å². The number of nitrogens with zero attached hydrogens (tertiary/aromatic N) is 2. The van der Waals surface area contributed by atoms with Gasteiger partial charge in [0.25, 0.3) is 0 Å². The summed E-state index contributed by atoms with van der Waals surface area (Å²) in [4.78, 5) is 15.7. The number of carbonyl (C=O) groups excluding carboxylic acids is 1. The lowest BCUT2D eigenvalue weighted by Crippen LogP contribution is -2.43. The Hall–Kier alpha value is -0.610. The summed E-state index contributed by atoms with van der Waals surface area (Å²) in [6.07, 6.45) is 5.27. The van der Waals surface area contributed by atoms with Crippen molar-refractivity contribution < 1.29 is 9.90 Å². The molecule has 1 amide bonds. The number of hydrogen-bond acceptors (Lipinski definition) is 3.